The van der Waals surface area contributed by atoms with Crippen molar-refractivity contribution in [2.45, 2.75) is 20.8 Å². The summed E-state index contributed by atoms with van der Waals surface area (Å²) in [7, 11) is 0. The number of amidine groups is 1. The lowest BCUT2D eigenvalue weighted by Crippen LogP contribution is -2.17. The van der Waals surface area contributed by atoms with Crippen LogP contribution in [-0.2, 0) is 0 Å². The van der Waals surface area contributed by atoms with Gasteiger partial charge in [0, 0.05) is 36.8 Å². The number of aryl methyl sites for hydroxylation is 3. The first-order chi connectivity index (χ1) is 15.8. The van der Waals surface area contributed by atoms with E-state index in [0.717, 1.165) is 16.8 Å². The zero-order valence-corrected chi connectivity index (χ0v) is 18.1. The standard InChI is InChI=1S/C23H20FN7O2/c1-12-5-4-8-26-19(12)15-10-27-23(28-11-15)31-21(25)17-9-16(6-7-18(17)24)30-22(32)20-13(2)29-14(3)33-20/h4-11H,1-3H3,(H,30,32)(H2,25,27,28,31). The smallest absolute Gasteiger partial charge is 0.293 e. The summed E-state index contributed by atoms with van der Waals surface area (Å²) in [5.74, 6) is -0.746. The van der Waals surface area contributed by atoms with E-state index in [-0.39, 0.29) is 23.1 Å². The zero-order chi connectivity index (χ0) is 23.5. The summed E-state index contributed by atoms with van der Waals surface area (Å²) in [5, 5.41) is 2.64. The highest BCUT2D eigenvalue weighted by atomic mass is 19.1. The van der Waals surface area contributed by atoms with Crippen LogP contribution in [0.2, 0.25) is 0 Å². The van der Waals surface area contributed by atoms with Gasteiger partial charge < -0.3 is 15.5 Å². The molecule has 0 radical (unpaired) electrons. The summed E-state index contributed by atoms with van der Waals surface area (Å²) in [6, 6.07) is 7.74. The second-order valence-corrected chi connectivity index (χ2v) is 7.23. The molecule has 1 amide bonds. The summed E-state index contributed by atoms with van der Waals surface area (Å²) in [4.78, 5) is 33.3. The zero-order valence-electron chi connectivity index (χ0n) is 18.1. The molecule has 0 atom stereocenters. The number of hydrogen-bond acceptors (Lipinski definition) is 7. The van der Waals surface area contributed by atoms with Gasteiger partial charge in [-0.1, -0.05) is 6.07 Å². The Morgan fingerprint density at radius 1 is 1.12 bits per heavy atom. The van der Waals surface area contributed by atoms with Gasteiger partial charge in [0.1, 0.15) is 11.7 Å². The van der Waals surface area contributed by atoms with Crippen LogP contribution in [0.5, 0.6) is 0 Å². The highest BCUT2D eigenvalue weighted by molar-refractivity contribution is 6.04. The van der Waals surface area contributed by atoms with Gasteiger partial charge >= 0.3 is 0 Å². The number of nitrogens with two attached hydrogens (primary N) is 1. The number of oxazole rings is 1. The molecule has 0 saturated heterocycles. The van der Waals surface area contributed by atoms with Crippen LogP contribution in [0.15, 0.2) is 58.3 Å². The maximum absolute atomic E-state index is 14.4. The Bertz CT molecular complexity index is 1360. The maximum Gasteiger partial charge on any atom is 0.293 e. The van der Waals surface area contributed by atoms with Crippen molar-refractivity contribution in [1.29, 1.82) is 0 Å². The van der Waals surface area contributed by atoms with E-state index in [9.17, 15) is 9.18 Å². The van der Waals surface area contributed by atoms with Crippen molar-refractivity contribution in [2.24, 2.45) is 10.7 Å². The number of nitrogens with zero attached hydrogens (tertiary/aromatic N) is 5. The van der Waals surface area contributed by atoms with Gasteiger partial charge in [0.2, 0.25) is 5.76 Å². The quantitative estimate of drug-likeness (QED) is 0.352. The van der Waals surface area contributed by atoms with Crippen LogP contribution in [0, 0.1) is 26.6 Å². The molecular formula is C23H20FN7O2. The van der Waals surface area contributed by atoms with E-state index in [0.29, 0.717) is 17.3 Å². The second-order valence-electron chi connectivity index (χ2n) is 7.23. The van der Waals surface area contributed by atoms with Crippen LogP contribution in [0.25, 0.3) is 11.3 Å². The molecule has 0 saturated carbocycles. The average molecular weight is 445 g/mol. The van der Waals surface area contributed by atoms with Crippen molar-refractivity contribution in [3.63, 3.8) is 0 Å². The molecule has 1 aromatic carbocycles. The normalized spacial score (nSPS) is 11.5. The molecule has 0 fully saturated rings. The fourth-order valence-electron chi connectivity index (χ4n) is 3.19. The van der Waals surface area contributed by atoms with Crippen molar-refractivity contribution in [1.82, 2.24) is 19.9 Å². The van der Waals surface area contributed by atoms with Crippen molar-refractivity contribution >= 4 is 23.4 Å². The number of carbonyl (C=O) groups excluding carboxylic acids is 1. The van der Waals surface area contributed by atoms with E-state index in [2.05, 4.69) is 30.2 Å². The van der Waals surface area contributed by atoms with E-state index in [4.69, 9.17) is 10.2 Å². The maximum atomic E-state index is 14.4. The van der Waals surface area contributed by atoms with Gasteiger partial charge in [-0.25, -0.2) is 19.3 Å². The lowest BCUT2D eigenvalue weighted by Gasteiger charge is -2.08. The molecule has 9 nitrogen and oxygen atoms in total. The number of rotatable bonds is 5. The van der Waals surface area contributed by atoms with Gasteiger partial charge in [0.15, 0.2) is 5.89 Å². The Balaban J connectivity index is 1.56. The molecule has 3 aromatic heterocycles. The average Bonchev–Trinajstić information content (AvgIpc) is 3.14. The van der Waals surface area contributed by atoms with Crippen molar-refractivity contribution in [3.05, 3.63) is 83.2 Å². The molecule has 0 unspecified atom stereocenters. The molecule has 0 aliphatic heterocycles. The van der Waals surface area contributed by atoms with E-state index in [1.807, 2.05) is 19.1 Å². The largest absolute Gasteiger partial charge is 0.436 e. The SMILES string of the molecule is Cc1nc(C)c(C(=O)Nc2ccc(F)c(/C(N)=N/c3ncc(-c4ncccc4C)cn3)c2)o1. The van der Waals surface area contributed by atoms with Gasteiger partial charge in [-0.3, -0.25) is 9.78 Å². The summed E-state index contributed by atoms with van der Waals surface area (Å²) in [6.07, 6.45) is 4.83. The summed E-state index contributed by atoms with van der Waals surface area (Å²) in [5.41, 5.74) is 9.23. The van der Waals surface area contributed by atoms with Crippen molar-refractivity contribution < 1.29 is 13.6 Å². The van der Waals surface area contributed by atoms with Crippen LogP contribution >= 0.6 is 0 Å². The number of pyridine rings is 1. The highest BCUT2D eigenvalue weighted by Crippen LogP contribution is 2.21. The lowest BCUT2D eigenvalue weighted by atomic mass is 10.1. The molecule has 4 rings (SSSR count). The predicted molar refractivity (Wildman–Crippen MR) is 121 cm³/mol. The number of hydrogen-bond donors (Lipinski definition) is 2. The predicted octanol–water partition coefficient (Wildman–Crippen LogP) is 3.88. The number of aromatic nitrogens is 4. The fraction of sp³-hybridized carbons (Fsp3) is 0.130. The molecule has 166 valence electrons. The van der Waals surface area contributed by atoms with E-state index < -0.39 is 11.7 Å². The molecule has 0 aliphatic rings. The van der Waals surface area contributed by atoms with Crippen LogP contribution in [0.3, 0.4) is 0 Å². The van der Waals surface area contributed by atoms with Crippen molar-refractivity contribution in [3.8, 4) is 11.3 Å². The van der Waals surface area contributed by atoms with Crippen LogP contribution in [0.4, 0.5) is 16.0 Å². The first kappa shape index (κ1) is 21.8. The first-order valence-corrected chi connectivity index (χ1v) is 9.95. The Morgan fingerprint density at radius 2 is 1.88 bits per heavy atom. The highest BCUT2D eigenvalue weighted by Gasteiger charge is 2.17. The molecule has 0 bridgehead atoms. The molecule has 10 heteroatoms. The van der Waals surface area contributed by atoms with E-state index in [1.54, 1.807) is 32.4 Å². The summed E-state index contributed by atoms with van der Waals surface area (Å²) in [6.45, 7) is 5.24. The summed E-state index contributed by atoms with van der Waals surface area (Å²) < 4.78 is 19.7. The molecule has 3 heterocycles. The summed E-state index contributed by atoms with van der Waals surface area (Å²) >= 11 is 0. The molecule has 3 N–H and O–H groups in total. The number of amides is 1. The van der Waals surface area contributed by atoms with E-state index >= 15 is 0 Å². The van der Waals surface area contributed by atoms with E-state index in [1.165, 1.54) is 18.2 Å². The third kappa shape index (κ3) is 4.74. The van der Waals surface area contributed by atoms with Crippen LogP contribution in [0.1, 0.15) is 33.3 Å². The number of carbonyl (C=O) groups is 1. The lowest BCUT2D eigenvalue weighted by molar-refractivity contribution is 0.0994. The number of anilines is 1. The molecule has 0 aliphatic carbocycles. The van der Waals surface area contributed by atoms with Crippen LogP contribution < -0.4 is 11.1 Å². The fourth-order valence-corrected chi connectivity index (χ4v) is 3.19. The Morgan fingerprint density at radius 3 is 2.55 bits per heavy atom. The molecule has 33 heavy (non-hydrogen) atoms. The van der Waals surface area contributed by atoms with Gasteiger partial charge in [0.25, 0.3) is 11.9 Å². The van der Waals surface area contributed by atoms with Gasteiger partial charge in [-0.15, -0.1) is 0 Å². The molecular weight excluding hydrogens is 425 g/mol. The Labute approximate surface area is 188 Å². The van der Waals surface area contributed by atoms with Gasteiger partial charge in [-0.05, 0) is 43.7 Å². The number of benzene rings is 1. The second kappa shape index (κ2) is 8.95. The van der Waals surface area contributed by atoms with Crippen molar-refractivity contribution in [2.75, 3.05) is 5.32 Å². The third-order valence-corrected chi connectivity index (χ3v) is 4.75. The minimum absolute atomic E-state index is 0.00785. The number of nitrogens with one attached hydrogen (secondary N) is 1. The first-order valence-electron chi connectivity index (χ1n) is 9.95. The minimum Gasteiger partial charge on any atom is -0.436 e. The molecule has 0 spiro atoms. The number of aliphatic imine (C=N–C) groups is 1. The Kier molecular flexibility index (Phi) is 5.90. The Hall–Kier alpha value is -4.47. The third-order valence-electron chi connectivity index (χ3n) is 4.75. The number of halogens is 1. The van der Waals surface area contributed by atoms with Crippen LogP contribution in [-0.4, -0.2) is 31.7 Å². The monoisotopic (exact) mass is 445 g/mol. The van der Waals surface area contributed by atoms with Gasteiger partial charge in [0.05, 0.1) is 17.0 Å². The van der Waals surface area contributed by atoms with Gasteiger partial charge in [-0.2, -0.15) is 4.99 Å². The minimum atomic E-state index is -0.610. The molecule has 4 aromatic rings. The topological polar surface area (TPSA) is 132 Å².